The Hall–Kier alpha value is -3.57. The molecule has 2 aromatic carbocycles. The van der Waals surface area contributed by atoms with E-state index in [0.29, 0.717) is 21.3 Å². The summed E-state index contributed by atoms with van der Waals surface area (Å²) < 4.78 is 5.04. The van der Waals surface area contributed by atoms with Crippen molar-refractivity contribution < 1.29 is 24.5 Å². The van der Waals surface area contributed by atoms with Crippen LogP contribution >= 0.6 is 11.3 Å². The number of amides is 1. The lowest BCUT2D eigenvalue weighted by Gasteiger charge is -2.10. The fourth-order valence-electron chi connectivity index (χ4n) is 3.82. The molecule has 3 N–H and O–H groups in total. The lowest BCUT2D eigenvalue weighted by Crippen LogP contribution is -2.21. The monoisotopic (exact) mass is 436 g/mol. The summed E-state index contributed by atoms with van der Waals surface area (Å²) in [6, 6.07) is 9.84. The number of ether oxygens (including phenoxy) is 1. The van der Waals surface area contributed by atoms with Crippen molar-refractivity contribution in [1.82, 2.24) is 0 Å². The molecule has 0 spiro atoms. The molecule has 0 aliphatic heterocycles. The zero-order chi connectivity index (χ0) is 22.0. The summed E-state index contributed by atoms with van der Waals surface area (Å²) in [7, 11) is 0. The third kappa shape index (κ3) is 4.05. The van der Waals surface area contributed by atoms with Gasteiger partial charge < -0.3 is 20.3 Å². The summed E-state index contributed by atoms with van der Waals surface area (Å²) in [4.78, 5) is 25.9. The fourth-order valence-corrected chi connectivity index (χ4v) is 5.07. The standard InChI is InChI=1S/C23H20N2O5S/c24-11-17-14-7-2-1-3-9-19(14)31-22(17)25-20(27)12-30-23(29)16-10-18(26)13-6-4-5-8-15(13)21(16)28/h4-6,8,10,26,28H,1-3,7,9,12H2,(H,25,27). The number of hydrogen-bond donors (Lipinski definition) is 3. The molecule has 0 bridgehead atoms. The van der Waals surface area contributed by atoms with Crippen LogP contribution in [0.2, 0.25) is 0 Å². The molecule has 0 fully saturated rings. The van der Waals surface area contributed by atoms with Gasteiger partial charge in [-0.2, -0.15) is 5.26 Å². The molecule has 1 aliphatic carbocycles. The minimum Gasteiger partial charge on any atom is -0.507 e. The average molecular weight is 436 g/mol. The molecule has 1 heterocycles. The maximum Gasteiger partial charge on any atom is 0.342 e. The molecule has 158 valence electrons. The topological polar surface area (TPSA) is 120 Å². The summed E-state index contributed by atoms with van der Waals surface area (Å²) in [6.45, 7) is -0.584. The molecular formula is C23H20N2O5S. The Labute approximate surface area is 182 Å². The van der Waals surface area contributed by atoms with E-state index in [1.807, 2.05) is 0 Å². The number of esters is 1. The van der Waals surface area contributed by atoms with Crippen molar-refractivity contribution in [2.45, 2.75) is 32.1 Å². The minimum absolute atomic E-state index is 0.177. The molecule has 1 amide bonds. The molecular weight excluding hydrogens is 416 g/mol. The number of phenolic OH excluding ortho intramolecular Hbond substituents is 2. The van der Waals surface area contributed by atoms with Gasteiger partial charge in [0.1, 0.15) is 28.1 Å². The molecule has 0 saturated carbocycles. The van der Waals surface area contributed by atoms with Crippen molar-refractivity contribution in [2.24, 2.45) is 0 Å². The first-order valence-corrected chi connectivity index (χ1v) is 10.8. The van der Waals surface area contributed by atoms with Crippen LogP contribution in [0.15, 0.2) is 30.3 Å². The van der Waals surface area contributed by atoms with E-state index in [2.05, 4.69) is 11.4 Å². The number of nitrogens with zero attached hydrogens (tertiary/aromatic N) is 1. The molecule has 31 heavy (non-hydrogen) atoms. The molecule has 0 radical (unpaired) electrons. The van der Waals surface area contributed by atoms with Crippen molar-refractivity contribution in [2.75, 3.05) is 11.9 Å². The zero-order valence-electron chi connectivity index (χ0n) is 16.6. The Morgan fingerprint density at radius 3 is 2.65 bits per heavy atom. The van der Waals surface area contributed by atoms with Gasteiger partial charge in [0.2, 0.25) is 0 Å². The highest BCUT2D eigenvalue weighted by atomic mass is 32.1. The van der Waals surface area contributed by atoms with Crippen LogP contribution in [-0.4, -0.2) is 28.7 Å². The lowest BCUT2D eigenvalue weighted by atomic mass is 10.0. The van der Waals surface area contributed by atoms with Crippen LogP contribution in [0.1, 0.15) is 45.6 Å². The van der Waals surface area contributed by atoms with Crippen molar-refractivity contribution in [1.29, 1.82) is 5.26 Å². The van der Waals surface area contributed by atoms with Crippen molar-refractivity contribution >= 4 is 39.0 Å². The fraction of sp³-hybridized carbons (Fsp3) is 0.261. The number of rotatable bonds is 4. The van der Waals surface area contributed by atoms with E-state index in [0.717, 1.165) is 48.6 Å². The van der Waals surface area contributed by atoms with Crippen molar-refractivity contribution in [3.63, 3.8) is 0 Å². The number of carbonyl (C=O) groups excluding carboxylic acids is 2. The normalized spacial score (nSPS) is 13.1. The predicted molar refractivity (Wildman–Crippen MR) is 116 cm³/mol. The highest BCUT2D eigenvalue weighted by Gasteiger charge is 2.22. The van der Waals surface area contributed by atoms with E-state index in [-0.39, 0.29) is 17.1 Å². The van der Waals surface area contributed by atoms with E-state index in [9.17, 15) is 25.1 Å². The van der Waals surface area contributed by atoms with Gasteiger partial charge in [0.05, 0.1) is 5.56 Å². The average Bonchev–Trinajstić information content (AvgIpc) is 2.93. The Morgan fingerprint density at radius 1 is 1.13 bits per heavy atom. The van der Waals surface area contributed by atoms with Crippen molar-refractivity contribution in [3.05, 3.63) is 51.9 Å². The number of nitrogens with one attached hydrogen (secondary N) is 1. The Bertz CT molecular complexity index is 1220. The summed E-state index contributed by atoms with van der Waals surface area (Å²) in [5, 5.41) is 33.9. The van der Waals surface area contributed by atoms with Crippen LogP contribution in [0.25, 0.3) is 10.8 Å². The molecule has 7 nitrogen and oxygen atoms in total. The predicted octanol–water partition coefficient (Wildman–Crippen LogP) is 4.25. The first-order chi connectivity index (χ1) is 15.0. The number of anilines is 1. The molecule has 4 rings (SSSR count). The summed E-state index contributed by atoms with van der Waals surface area (Å²) in [5.74, 6) is -2.02. The molecule has 0 unspecified atom stereocenters. The summed E-state index contributed by atoms with van der Waals surface area (Å²) in [6.07, 6.45) is 4.92. The van der Waals surface area contributed by atoms with E-state index < -0.39 is 18.5 Å². The number of benzene rings is 2. The van der Waals surface area contributed by atoms with Gasteiger partial charge in [-0.15, -0.1) is 11.3 Å². The SMILES string of the molecule is N#Cc1c(NC(=O)COC(=O)c2cc(O)c3ccccc3c2O)sc2c1CCCCC2. The van der Waals surface area contributed by atoms with Crippen LogP contribution in [0.5, 0.6) is 11.5 Å². The second-order valence-corrected chi connectivity index (χ2v) is 8.45. The third-order valence-corrected chi connectivity index (χ3v) is 6.54. The van der Waals surface area contributed by atoms with E-state index in [1.165, 1.54) is 11.3 Å². The van der Waals surface area contributed by atoms with Crippen LogP contribution in [-0.2, 0) is 22.4 Å². The smallest absolute Gasteiger partial charge is 0.342 e. The van der Waals surface area contributed by atoms with Crippen LogP contribution in [0.3, 0.4) is 0 Å². The second-order valence-electron chi connectivity index (χ2n) is 7.34. The summed E-state index contributed by atoms with van der Waals surface area (Å²) >= 11 is 1.40. The zero-order valence-corrected chi connectivity index (χ0v) is 17.4. The van der Waals surface area contributed by atoms with Gasteiger partial charge in [-0.3, -0.25) is 4.79 Å². The Kier molecular flexibility index (Phi) is 5.78. The van der Waals surface area contributed by atoms with Crippen LogP contribution < -0.4 is 5.32 Å². The van der Waals surface area contributed by atoms with Gasteiger partial charge in [0.25, 0.3) is 5.91 Å². The highest BCUT2D eigenvalue weighted by molar-refractivity contribution is 7.16. The maximum absolute atomic E-state index is 12.4. The van der Waals surface area contributed by atoms with Crippen LogP contribution in [0.4, 0.5) is 5.00 Å². The van der Waals surface area contributed by atoms with Gasteiger partial charge in [-0.1, -0.05) is 30.7 Å². The maximum atomic E-state index is 12.4. The molecule has 0 saturated heterocycles. The largest absolute Gasteiger partial charge is 0.507 e. The van der Waals surface area contributed by atoms with Crippen molar-refractivity contribution in [3.8, 4) is 17.6 Å². The number of nitriles is 1. The molecule has 3 aromatic rings. The van der Waals surface area contributed by atoms with Gasteiger partial charge >= 0.3 is 5.97 Å². The molecule has 8 heteroatoms. The number of phenols is 2. The third-order valence-electron chi connectivity index (χ3n) is 5.33. The Balaban J connectivity index is 1.46. The number of carbonyl (C=O) groups is 2. The lowest BCUT2D eigenvalue weighted by molar-refractivity contribution is -0.119. The first-order valence-electron chi connectivity index (χ1n) is 9.95. The summed E-state index contributed by atoms with van der Waals surface area (Å²) in [5.41, 5.74) is 1.26. The Morgan fingerprint density at radius 2 is 1.87 bits per heavy atom. The highest BCUT2D eigenvalue weighted by Crippen LogP contribution is 2.37. The molecule has 1 aromatic heterocycles. The molecule has 1 aliphatic rings. The second kappa shape index (κ2) is 8.66. The van der Waals surface area contributed by atoms with Crippen LogP contribution in [0, 0.1) is 11.3 Å². The quantitative estimate of drug-likeness (QED) is 0.320. The molecule has 0 atom stereocenters. The number of aromatic hydroxyl groups is 2. The number of thiophene rings is 1. The van der Waals surface area contributed by atoms with Gasteiger partial charge in [0.15, 0.2) is 6.61 Å². The number of aryl methyl sites for hydroxylation is 1. The van der Waals surface area contributed by atoms with Gasteiger partial charge in [-0.05, 0) is 37.3 Å². The first kappa shape index (κ1) is 20.7. The minimum atomic E-state index is -0.934. The van der Waals surface area contributed by atoms with E-state index in [4.69, 9.17) is 4.74 Å². The number of hydrogen-bond acceptors (Lipinski definition) is 7. The number of fused-ring (bicyclic) bond motifs is 2. The van der Waals surface area contributed by atoms with Gasteiger partial charge in [0, 0.05) is 15.6 Å². The van der Waals surface area contributed by atoms with E-state index >= 15 is 0 Å². The van der Waals surface area contributed by atoms with Gasteiger partial charge in [-0.25, -0.2) is 4.79 Å². The van der Waals surface area contributed by atoms with E-state index in [1.54, 1.807) is 24.3 Å².